The molecule has 264 valence electrons. The Balaban J connectivity index is 1.53. The predicted molar refractivity (Wildman–Crippen MR) is 215 cm³/mol. The van der Waals surface area contributed by atoms with E-state index in [1.54, 1.807) is 0 Å². The van der Waals surface area contributed by atoms with Crippen LogP contribution < -0.4 is 4.90 Å². The molecule has 0 fully saturated rings. The van der Waals surface area contributed by atoms with Crippen molar-refractivity contribution in [2.75, 3.05) is 18.0 Å². The van der Waals surface area contributed by atoms with Gasteiger partial charge >= 0.3 is 0 Å². The van der Waals surface area contributed by atoms with Crippen LogP contribution in [0.5, 0.6) is 0 Å². The van der Waals surface area contributed by atoms with Gasteiger partial charge in [-0.3, -0.25) is 0 Å². The molecular formula is C46H64ClN2+. The van der Waals surface area contributed by atoms with Crippen molar-refractivity contribution in [1.29, 1.82) is 0 Å². The highest BCUT2D eigenvalue weighted by Gasteiger charge is 2.44. The molecule has 2 aromatic carbocycles. The van der Waals surface area contributed by atoms with Crippen molar-refractivity contribution >= 4 is 28.7 Å². The second-order valence-corrected chi connectivity index (χ2v) is 17.4. The number of fused-ring (bicyclic) bond motifs is 2. The maximum Gasteiger partial charge on any atom is 0.209 e. The average Bonchev–Trinajstić information content (AvgIpc) is 3.41. The van der Waals surface area contributed by atoms with Gasteiger partial charge in [0.2, 0.25) is 5.69 Å². The van der Waals surface area contributed by atoms with E-state index in [1.807, 2.05) is 0 Å². The van der Waals surface area contributed by atoms with E-state index in [2.05, 4.69) is 145 Å². The molecule has 1 atom stereocenters. The van der Waals surface area contributed by atoms with Gasteiger partial charge in [-0.05, 0) is 79.7 Å². The summed E-state index contributed by atoms with van der Waals surface area (Å²) >= 11 is 7.46. The molecule has 0 spiro atoms. The lowest BCUT2D eigenvalue weighted by Crippen LogP contribution is -2.28. The Bertz CT molecular complexity index is 1640. The Morgan fingerprint density at radius 1 is 0.776 bits per heavy atom. The molecule has 0 bridgehead atoms. The third-order valence-corrected chi connectivity index (χ3v) is 12.2. The molecular weight excluding hydrogens is 616 g/mol. The minimum atomic E-state index is -0.0598. The molecule has 0 amide bonds. The predicted octanol–water partition coefficient (Wildman–Crippen LogP) is 13.3. The molecule has 0 N–H and O–H groups in total. The molecule has 2 nitrogen and oxygen atoms in total. The van der Waals surface area contributed by atoms with Crippen LogP contribution in [0, 0.1) is 11.3 Å². The first kappa shape index (κ1) is 37.4. The number of rotatable bonds is 13. The van der Waals surface area contributed by atoms with Crippen LogP contribution in [0.2, 0.25) is 0 Å². The Hall–Kier alpha value is -2.84. The highest BCUT2D eigenvalue weighted by atomic mass is 35.5. The Kier molecular flexibility index (Phi) is 11.9. The van der Waals surface area contributed by atoms with Crippen molar-refractivity contribution in [3.8, 4) is 0 Å². The van der Waals surface area contributed by atoms with Gasteiger partial charge in [-0.2, -0.15) is 4.58 Å². The Labute approximate surface area is 304 Å². The van der Waals surface area contributed by atoms with Crippen LogP contribution in [-0.4, -0.2) is 23.4 Å². The van der Waals surface area contributed by atoms with E-state index >= 15 is 0 Å². The van der Waals surface area contributed by atoms with Crippen molar-refractivity contribution in [1.82, 2.24) is 0 Å². The average molecular weight is 680 g/mol. The minimum absolute atomic E-state index is 0.0598. The highest BCUT2D eigenvalue weighted by Crippen LogP contribution is 2.49. The van der Waals surface area contributed by atoms with Gasteiger partial charge in [-0.25, -0.2) is 0 Å². The smallest absolute Gasteiger partial charge is 0.209 e. The van der Waals surface area contributed by atoms with Crippen LogP contribution in [0.15, 0.2) is 94.7 Å². The zero-order valence-corrected chi connectivity index (χ0v) is 33.0. The second-order valence-electron chi connectivity index (χ2n) is 17.0. The van der Waals surface area contributed by atoms with Crippen LogP contribution in [-0.2, 0) is 10.8 Å². The third kappa shape index (κ3) is 7.90. The fourth-order valence-electron chi connectivity index (χ4n) is 8.40. The minimum Gasteiger partial charge on any atom is -0.344 e. The number of hydrogen-bond acceptors (Lipinski definition) is 1. The number of hydrogen-bond donors (Lipinski definition) is 0. The van der Waals surface area contributed by atoms with E-state index < -0.39 is 0 Å². The van der Waals surface area contributed by atoms with Crippen molar-refractivity contribution in [2.24, 2.45) is 11.3 Å². The topological polar surface area (TPSA) is 6.25 Å². The standard InChI is InChI=1S/C46H64ClN2/c1-10-12-14-20-30-48-39-24-18-16-22-37(39)45(6,7)41(48)28-26-34-32-36(44(3,4)5)33-35(43(34)47)27-29-42-46(8,9)38-23-17-19-25-40(38)49(42)31-21-15-13-11-2/h16-19,22-29,36H,10-15,20-21,30-33H2,1-9H3/q+1. The number of anilines is 1. The fraction of sp³-hybridized carbons (Fsp3) is 0.543. The maximum absolute atomic E-state index is 7.46. The van der Waals surface area contributed by atoms with Crippen LogP contribution in [0.1, 0.15) is 138 Å². The molecule has 0 radical (unpaired) electrons. The van der Waals surface area contributed by atoms with E-state index in [-0.39, 0.29) is 16.2 Å². The van der Waals surface area contributed by atoms with Gasteiger partial charge < -0.3 is 4.90 Å². The van der Waals surface area contributed by atoms with E-state index in [4.69, 9.17) is 11.6 Å². The monoisotopic (exact) mass is 679 g/mol. The molecule has 5 rings (SSSR count). The number of allylic oxidation sites excluding steroid dienone is 8. The first-order valence-electron chi connectivity index (χ1n) is 19.4. The van der Waals surface area contributed by atoms with Crippen LogP contribution in [0.25, 0.3) is 0 Å². The normalized spacial score (nSPS) is 21.8. The Morgan fingerprint density at radius 3 is 2.12 bits per heavy atom. The van der Waals surface area contributed by atoms with Gasteiger partial charge in [0.05, 0.1) is 5.41 Å². The summed E-state index contributed by atoms with van der Waals surface area (Å²) in [5.74, 6) is 0.516. The van der Waals surface area contributed by atoms with Gasteiger partial charge in [0.25, 0.3) is 0 Å². The third-order valence-electron chi connectivity index (χ3n) is 11.7. The van der Waals surface area contributed by atoms with E-state index in [9.17, 15) is 0 Å². The zero-order chi connectivity index (χ0) is 35.4. The summed E-state index contributed by atoms with van der Waals surface area (Å²) in [6.45, 7) is 23.4. The molecule has 1 unspecified atom stereocenters. The molecule has 49 heavy (non-hydrogen) atoms. The number of halogens is 1. The second kappa shape index (κ2) is 15.6. The molecule has 0 saturated carbocycles. The van der Waals surface area contributed by atoms with Crippen LogP contribution >= 0.6 is 11.6 Å². The SMILES string of the molecule is CCCCCCN1/C(=C\C=C2\CC(C(C)(C)C)CC(/C=C/C3=[N+](CCCCCC)c4ccccc4C3(C)C)=C2Cl)C(C)(C)c2ccccc21. The Morgan fingerprint density at radius 2 is 1.43 bits per heavy atom. The van der Waals surface area contributed by atoms with Crippen molar-refractivity contribution in [3.63, 3.8) is 0 Å². The van der Waals surface area contributed by atoms with E-state index in [0.29, 0.717) is 5.92 Å². The summed E-state index contributed by atoms with van der Waals surface area (Å²) in [6, 6.07) is 18.0. The lowest BCUT2D eigenvalue weighted by molar-refractivity contribution is -0.438. The summed E-state index contributed by atoms with van der Waals surface area (Å²) in [6.07, 6.45) is 21.7. The summed E-state index contributed by atoms with van der Waals surface area (Å²) in [7, 11) is 0. The molecule has 1 aliphatic carbocycles. The van der Waals surface area contributed by atoms with Crippen molar-refractivity contribution in [3.05, 3.63) is 106 Å². The molecule has 0 saturated heterocycles. The van der Waals surface area contributed by atoms with E-state index in [0.717, 1.165) is 31.0 Å². The number of benzene rings is 2. The number of unbranched alkanes of at least 4 members (excludes halogenated alkanes) is 6. The molecule has 0 aromatic heterocycles. The lowest BCUT2D eigenvalue weighted by atomic mass is 9.70. The summed E-state index contributed by atoms with van der Waals surface area (Å²) < 4.78 is 2.59. The van der Waals surface area contributed by atoms with E-state index in [1.165, 1.54) is 96.4 Å². The van der Waals surface area contributed by atoms with Crippen LogP contribution in [0.4, 0.5) is 11.4 Å². The summed E-state index contributed by atoms with van der Waals surface area (Å²) in [5.41, 5.74) is 11.0. The quantitative estimate of drug-likeness (QED) is 0.151. The summed E-state index contributed by atoms with van der Waals surface area (Å²) in [4.78, 5) is 2.59. The van der Waals surface area contributed by atoms with Crippen molar-refractivity contribution < 1.29 is 4.58 Å². The molecule has 3 aliphatic rings. The van der Waals surface area contributed by atoms with Gasteiger partial charge in [0, 0.05) is 52.5 Å². The van der Waals surface area contributed by atoms with Crippen LogP contribution in [0.3, 0.4) is 0 Å². The van der Waals surface area contributed by atoms with Crippen molar-refractivity contribution in [2.45, 2.75) is 137 Å². The lowest BCUT2D eigenvalue weighted by Gasteiger charge is -2.36. The first-order chi connectivity index (χ1) is 23.3. The largest absolute Gasteiger partial charge is 0.344 e. The van der Waals surface area contributed by atoms with Gasteiger partial charge in [0.15, 0.2) is 5.71 Å². The zero-order valence-electron chi connectivity index (χ0n) is 32.3. The molecule has 2 aliphatic heterocycles. The summed E-state index contributed by atoms with van der Waals surface area (Å²) in [5, 5.41) is 0.944. The number of nitrogens with zero attached hydrogens (tertiary/aromatic N) is 2. The highest BCUT2D eigenvalue weighted by molar-refractivity contribution is 6.32. The number of para-hydroxylation sites is 2. The van der Waals surface area contributed by atoms with Gasteiger partial charge in [-0.15, -0.1) is 0 Å². The molecule has 3 heteroatoms. The maximum atomic E-state index is 7.46. The fourth-order valence-corrected chi connectivity index (χ4v) is 8.68. The first-order valence-corrected chi connectivity index (χ1v) is 19.8. The van der Waals surface area contributed by atoms with Gasteiger partial charge in [0.1, 0.15) is 6.54 Å². The molecule has 2 heterocycles. The van der Waals surface area contributed by atoms with Gasteiger partial charge in [-0.1, -0.05) is 141 Å². The molecule has 2 aromatic rings.